The molecule has 0 unspecified atom stereocenters. The van der Waals surface area contributed by atoms with E-state index in [1.807, 2.05) is 24.1 Å². The van der Waals surface area contributed by atoms with E-state index in [0.29, 0.717) is 29.8 Å². The highest BCUT2D eigenvalue weighted by Crippen LogP contribution is 2.58. The zero-order valence-corrected chi connectivity index (χ0v) is 24.6. The van der Waals surface area contributed by atoms with Crippen molar-refractivity contribution in [3.8, 4) is 29.0 Å². The van der Waals surface area contributed by atoms with Crippen LogP contribution < -0.4 is 9.64 Å². The lowest BCUT2D eigenvalue weighted by Crippen LogP contribution is -2.55. The average molecular weight is 601 g/mol. The third kappa shape index (κ3) is 4.81. The number of rotatable bonds is 7. The minimum Gasteiger partial charge on any atom is -0.507 e. The molecule has 0 radical (unpaired) electrons. The van der Waals surface area contributed by atoms with Crippen molar-refractivity contribution in [3.63, 3.8) is 0 Å². The van der Waals surface area contributed by atoms with Crippen LogP contribution in [0.4, 0.5) is 14.6 Å². The fourth-order valence-corrected chi connectivity index (χ4v) is 7.38. The molecule has 1 saturated carbocycles. The van der Waals surface area contributed by atoms with Crippen LogP contribution in [0.3, 0.4) is 0 Å². The summed E-state index contributed by atoms with van der Waals surface area (Å²) < 4.78 is 36.6. The molecule has 11 heteroatoms. The zero-order chi connectivity index (χ0) is 30.7. The van der Waals surface area contributed by atoms with Gasteiger partial charge in [-0.15, -0.1) is 0 Å². The van der Waals surface area contributed by atoms with Gasteiger partial charge in [0.25, 0.3) is 5.91 Å². The molecule has 1 aromatic heterocycles. The fourth-order valence-electron chi connectivity index (χ4n) is 7.38. The molecule has 2 saturated heterocycles. The molecule has 7 rings (SSSR count). The Morgan fingerprint density at radius 2 is 2.09 bits per heavy atom. The molecule has 2 aliphatic heterocycles. The smallest absolute Gasteiger partial charge is 0.319 e. The number of carbonyl (C=O) groups is 1. The first kappa shape index (κ1) is 28.5. The summed E-state index contributed by atoms with van der Waals surface area (Å²) in [6.45, 7) is 4.91. The lowest BCUT2D eigenvalue weighted by Gasteiger charge is -2.41. The number of likely N-dealkylation sites (N-methyl/N-ethyl adjacent to an activating group) is 1. The highest BCUT2D eigenvalue weighted by molar-refractivity contribution is 5.97. The van der Waals surface area contributed by atoms with E-state index in [9.17, 15) is 19.6 Å². The number of halogens is 2. The summed E-state index contributed by atoms with van der Waals surface area (Å²) in [5.41, 5.74) is 3.11. The summed E-state index contributed by atoms with van der Waals surface area (Å²) in [6.07, 6.45) is 4.00. The van der Waals surface area contributed by atoms with Crippen molar-refractivity contribution in [1.82, 2.24) is 19.8 Å². The van der Waals surface area contributed by atoms with E-state index < -0.39 is 23.6 Å². The van der Waals surface area contributed by atoms with Gasteiger partial charge in [0.1, 0.15) is 23.7 Å². The third-order valence-electron chi connectivity index (χ3n) is 9.82. The molecule has 0 spiro atoms. The topological polar surface area (TPSA) is 106 Å². The number of amides is 1. The van der Waals surface area contributed by atoms with E-state index in [-0.39, 0.29) is 60.3 Å². The van der Waals surface area contributed by atoms with E-state index in [0.717, 1.165) is 37.8 Å². The molecule has 3 fully saturated rings. The molecule has 2 aliphatic carbocycles. The predicted molar refractivity (Wildman–Crippen MR) is 160 cm³/mol. The number of nitrogens with zero attached hydrogens (tertiary/aromatic N) is 6. The number of benzene rings is 2. The van der Waals surface area contributed by atoms with Gasteiger partial charge in [-0.05, 0) is 73.9 Å². The number of phenols is 1. The second-order valence-corrected chi connectivity index (χ2v) is 12.4. The maximum Gasteiger partial charge on any atom is 0.319 e. The highest BCUT2D eigenvalue weighted by atomic mass is 19.1. The zero-order valence-electron chi connectivity index (χ0n) is 24.6. The third-order valence-corrected chi connectivity index (χ3v) is 9.82. The lowest BCUT2D eigenvalue weighted by molar-refractivity contribution is -0.131. The van der Waals surface area contributed by atoms with Crippen molar-refractivity contribution in [2.75, 3.05) is 44.7 Å². The van der Waals surface area contributed by atoms with Crippen LogP contribution in [-0.2, 0) is 11.2 Å². The number of carbonyl (C=O) groups excluding carboxylic acids is 1. The van der Waals surface area contributed by atoms with Crippen molar-refractivity contribution in [1.29, 1.82) is 5.26 Å². The summed E-state index contributed by atoms with van der Waals surface area (Å²) >= 11 is 0. The Balaban J connectivity index is 1.32. The van der Waals surface area contributed by atoms with Gasteiger partial charge in [0.15, 0.2) is 11.6 Å². The minimum atomic E-state index is -1.09. The molecule has 4 aliphatic rings. The molecule has 228 valence electrons. The normalized spacial score (nSPS) is 24.2. The van der Waals surface area contributed by atoms with E-state index in [4.69, 9.17) is 4.74 Å². The van der Waals surface area contributed by atoms with Gasteiger partial charge >= 0.3 is 6.01 Å². The number of hydrogen-bond donors (Lipinski definition) is 1. The van der Waals surface area contributed by atoms with Gasteiger partial charge < -0.3 is 24.5 Å². The monoisotopic (exact) mass is 600 g/mol. The van der Waals surface area contributed by atoms with E-state index in [1.165, 1.54) is 16.5 Å². The second kappa shape index (κ2) is 11.0. The van der Waals surface area contributed by atoms with Crippen molar-refractivity contribution < 1.29 is 23.4 Å². The molecular formula is C33H34F2N6O3. The van der Waals surface area contributed by atoms with E-state index >= 15 is 4.39 Å². The Hall–Kier alpha value is -4.30. The largest absolute Gasteiger partial charge is 0.507 e. The fraction of sp³-hybridized carbons (Fsp3) is 0.455. The Kier molecular flexibility index (Phi) is 7.12. The van der Waals surface area contributed by atoms with Crippen molar-refractivity contribution >= 4 is 22.6 Å². The van der Waals surface area contributed by atoms with E-state index in [2.05, 4.69) is 33.6 Å². The number of fused-ring (bicyclic) bond motifs is 4. The van der Waals surface area contributed by atoms with Crippen LogP contribution in [0, 0.1) is 23.1 Å². The molecule has 2 aromatic carbocycles. The van der Waals surface area contributed by atoms with Gasteiger partial charge in [0, 0.05) is 31.1 Å². The maximum atomic E-state index is 16.7. The standard InChI is InChI=1S/C33H34F2N6O3/c1-18(34)32(43)41-12-11-40(16-20(41)8-9-36)31-26-15-27(42)28(23-7-3-6-22-24-13-19(24)14-25(22)23)29(35)30(26)37-33(38-31)44-17-21-5-4-10-39(21)2/h3,6-7,15,19-21,24,42H,1,4-5,8,10-14,16-17H2,2H3/t19-,20+,21+,24-/m1/s1. The Morgan fingerprint density at radius 1 is 1.25 bits per heavy atom. The molecule has 44 heavy (non-hydrogen) atoms. The molecule has 3 heterocycles. The average Bonchev–Trinajstić information content (AvgIpc) is 3.50. The number of nitriles is 1. The van der Waals surface area contributed by atoms with Crippen LogP contribution in [0.25, 0.3) is 22.0 Å². The molecule has 3 aromatic rings. The van der Waals surface area contributed by atoms with Crippen LogP contribution in [0.5, 0.6) is 11.8 Å². The quantitative estimate of drug-likeness (QED) is 0.390. The second-order valence-electron chi connectivity index (χ2n) is 12.4. The lowest BCUT2D eigenvalue weighted by atomic mass is 9.92. The maximum absolute atomic E-state index is 16.7. The van der Waals surface area contributed by atoms with Crippen LogP contribution in [-0.4, -0.2) is 82.7 Å². The van der Waals surface area contributed by atoms with Gasteiger partial charge in [-0.1, -0.05) is 24.8 Å². The van der Waals surface area contributed by atoms with Gasteiger partial charge in [0.2, 0.25) is 0 Å². The first-order valence-electron chi connectivity index (χ1n) is 15.2. The minimum absolute atomic E-state index is 0.00958. The molecule has 4 atom stereocenters. The van der Waals surface area contributed by atoms with Gasteiger partial charge in [0.05, 0.1) is 24.1 Å². The number of hydrogen-bond acceptors (Lipinski definition) is 8. The van der Waals surface area contributed by atoms with Crippen LogP contribution >= 0.6 is 0 Å². The van der Waals surface area contributed by atoms with Crippen molar-refractivity contribution in [2.45, 2.75) is 50.1 Å². The first-order chi connectivity index (χ1) is 21.2. The number of aromatic hydroxyl groups is 1. The predicted octanol–water partition coefficient (Wildman–Crippen LogP) is 4.69. The summed E-state index contributed by atoms with van der Waals surface area (Å²) in [7, 11) is 2.03. The molecule has 0 bridgehead atoms. The van der Waals surface area contributed by atoms with Crippen molar-refractivity contribution in [3.05, 3.63) is 53.6 Å². The van der Waals surface area contributed by atoms with Crippen LogP contribution in [0.1, 0.15) is 42.7 Å². The molecule has 1 amide bonds. The highest BCUT2D eigenvalue weighted by Gasteiger charge is 2.46. The number of ether oxygens (including phenoxy) is 1. The Morgan fingerprint density at radius 3 is 2.84 bits per heavy atom. The Bertz CT molecular complexity index is 1720. The van der Waals surface area contributed by atoms with Crippen molar-refractivity contribution in [2.24, 2.45) is 5.92 Å². The number of aromatic nitrogens is 2. The summed E-state index contributed by atoms with van der Waals surface area (Å²) in [6, 6.07) is 8.97. The van der Waals surface area contributed by atoms with E-state index in [1.54, 1.807) is 0 Å². The molecular weight excluding hydrogens is 566 g/mol. The first-order valence-corrected chi connectivity index (χ1v) is 15.2. The van der Waals surface area contributed by atoms with Gasteiger partial charge in [-0.2, -0.15) is 15.2 Å². The SMILES string of the molecule is C=C(F)C(=O)N1CCN(c2nc(OC[C@@H]3CCCN3C)nc3c(F)c(-c4cccc5c4C[C@H]4C[C@@H]54)c(O)cc23)C[C@@H]1CC#N. The van der Waals surface area contributed by atoms with Gasteiger partial charge in [-0.25, -0.2) is 8.78 Å². The molecule has 1 N–H and O–H groups in total. The van der Waals surface area contributed by atoms with Gasteiger partial charge in [-0.3, -0.25) is 4.79 Å². The summed E-state index contributed by atoms with van der Waals surface area (Å²) in [5.74, 6) is -1.41. The number of piperazine rings is 1. The van der Waals surface area contributed by atoms with Crippen LogP contribution in [0.2, 0.25) is 0 Å². The Labute approximate surface area is 254 Å². The van der Waals surface area contributed by atoms with Crippen LogP contribution in [0.15, 0.2) is 36.7 Å². The number of anilines is 1. The summed E-state index contributed by atoms with van der Waals surface area (Å²) in [5, 5.41) is 21.1. The molecule has 9 nitrogen and oxygen atoms in total. The number of likely N-dealkylation sites (tertiary alicyclic amines) is 1. The summed E-state index contributed by atoms with van der Waals surface area (Å²) in [4.78, 5) is 27.0. The number of phenolic OH excluding ortho intramolecular Hbond substituents is 1.